The maximum atomic E-state index is 12.9. The van der Waals surface area contributed by atoms with E-state index in [1.54, 1.807) is 0 Å². The van der Waals surface area contributed by atoms with Crippen molar-refractivity contribution in [2.24, 2.45) is 0 Å². The fourth-order valence-electron chi connectivity index (χ4n) is 9.13. The Morgan fingerprint density at radius 1 is 0.269 bits per heavy atom. The quantitative estimate of drug-likeness (QED) is 0.0261. The summed E-state index contributed by atoms with van der Waals surface area (Å²) >= 11 is 0. The van der Waals surface area contributed by atoms with Crippen molar-refractivity contribution < 1.29 is 28.6 Å². The van der Waals surface area contributed by atoms with Crippen molar-refractivity contribution in [1.82, 2.24) is 0 Å². The normalized spacial score (nSPS) is 12.8. The van der Waals surface area contributed by atoms with E-state index in [2.05, 4.69) is 130 Å². The fraction of sp³-hybridized carbons (Fsp3) is 0.708. The first-order chi connectivity index (χ1) is 38.5. The molecule has 6 heteroatoms. The van der Waals surface area contributed by atoms with Gasteiger partial charge in [0.1, 0.15) is 13.2 Å². The van der Waals surface area contributed by atoms with Gasteiger partial charge in [-0.3, -0.25) is 14.4 Å². The van der Waals surface area contributed by atoms with Gasteiger partial charge < -0.3 is 14.2 Å². The predicted molar refractivity (Wildman–Crippen MR) is 339 cm³/mol. The first kappa shape index (κ1) is 74.1. The minimum absolute atomic E-state index is 0.0854. The number of unbranched alkanes of at least 4 members (excludes halogenated alkanes) is 30. The first-order valence-corrected chi connectivity index (χ1v) is 32.9. The van der Waals surface area contributed by atoms with Crippen LogP contribution >= 0.6 is 0 Å². The number of allylic oxidation sites excluding steroid dienone is 18. The lowest BCUT2D eigenvalue weighted by Gasteiger charge is -2.18. The van der Waals surface area contributed by atoms with Gasteiger partial charge in [-0.25, -0.2) is 0 Å². The maximum absolute atomic E-state index is 12.9. The standard InChI is InChI=1S/C72H122O6/c1-4-7-10-13-16-19-22-25-27-29-31-32-33-34-35-36-37-38-39-40-42-43-45-47-50-53-56-59-62-65-71(74)77-68-69(67-76-70(73)64-61-58-55-52-49-24-21-18-15-12-9-6-3)78-72(75)66-63-60-57-54-51-48-46-44-41-30-28-26-23-20-17-14-11-8-5-2/h7-8,10-11,16-21,25-28,31-32,41,44,69H,4-6,9,12-15,22-24,29-30,33-40,42-43,45-68H2,1-3H3/b10-7-,11-8-,19-16-,20-17-,21-18-,27-25-,28-26-,32-31-,44-41-. The Labute approximate surface area is 482 Å². The highest BCUT2D eigenvalue weighted by Gasteiger charge is 2.19. The molecule has 1 atom stereocenters. The van der Waals surface area contributed by atoms with Crippen LogP contribution in [0.25, 0.3) is 0 Å². The number of ether oxygens (including phenoxy) is 3. The molecule has 1 unspecified atom stereocenters. The van der Waals surface area contributed by atoms with Gasteiger partial charge in [0.25, 0.3) is 0 Å². The lowest BCUT2D eigenvalue weighted by molar-refractivity contribution is -0.167. The Bertz CT molecular complexity index is 1570. The van der Waals surface area contributed by atoms with Crippen LogP contribution in [0.5, 0.6) is 0 Å². The summed E-state index contributed by atoms with van der Waals surface area (Å²) < 4.78 is 16.9. The highest BCUT2D eigenvalue weighted by molar-refractivity contribution is 5.71. The summed E-state index contributed by atoms with van der Waals surface area (Å²) in [7, 11) is 0. The van der Waals surface area contributed by atoms with Gasteiger partial charge in [-0.2, -0.15) is 0 Å². The van der Waals surface area contributed by atoms with Crippen molar-refractivity contribution in [2.45, 2.75) is 316 Å². The van der Waals surface area contributed by atoms with Gasteiger partial charge >= 0.3 is 17.9 Å². The molecule has 0 aliphatic carbocycles. The van der Waals surface area contributed by atoms with E-state index >= 15 is 0 Å². The summed E-state index contributed by atoms with van der Waals surface area (Å²) in [5.41, 5.74) is 0. The first-order valence-electron chi connectivity index (χ1n) is 32.9. The Morgan fingerprint density at radius 2 is 0.500 bits per heavy atom. The summed E-state index contributed by atoms with van der Waals surface area (Å²) in [6, 6.07) is 0. The smallest absolute Gasteiger partial charge is 0.306 e. The van der Waals surface area contributed by atoms with Gasteiger partial charge in [-0.15, -0.1) is 0 Å². The Balaban J connectivity index is 4.25. The second-order valence-electron chi connectivity index (χ2n) is 21.6. The highest BCUT2D eigenvalue weighted by atomic mass is 16.6. The van der Waals surface area contributed by atoms with Crippen molar-refractivity contribution >= 4 is 17.9 Å². The van der Waals surface area contributed by atoms with Crippen LogP contribution in [-0.4, -0.2) is 37.2 Å². The molecule has 0 aliphatic rings. The number of hydrogen-bond acceptors (Lipinski definition) is 6. The molecule has 0 bridgehead atoms. The van der Waals surface area contributed by atoms with Gasteiger partial charge in [0.05, 0.1) is 0 Å². The monoisotopic (exact) mass is 1080 g/mol. The topological polar surface area (TPSA) is 78.9 Å². The SMILES string of the molecule is CC/C=C\C/C=C\C/C=C\C/C=C\CCCCCCCCCCCCCCCCCCC(=O)OCC(COC(=O)CCCCCCC/C=C\CCCCC)OC(=O)CCCCCCCC/C=C\C/C=C\C/C=C\C/C=C\CC. The van der Waals surface area contributed by atoms with E-state index in [1.807, 2.05) is 0 Å². The lowest BCUT2D eigenvalue weighted by atomic mass is 10.0. The third-order valence-electron chi connectivity index (χ3n) is 14.0. The molecule has 0 heterocycles. The molecule has 0 aliphatic heterocycles. The van der Waals surface area contributed by atoms with Crippen LogP contribution in [0.1, 0.15) is 310 Å². The Kier molecular flexibility index (Phi) is 62.3. The number of rotatable bonds is 59. The summed E-state index contributed by atoms with van der Waals surface area (Å²) in [5.74, 6) is -0.900. The minimum Gasteiger partial charge on any atom is -0.462 e. The molecule has 0 spiro atoms. The van der Waals surface area contributed by atoms with Crippen molar-refractivity contribution in [3.63, 3.8) is 0 Å². The van der Waals surface area contributed by atoms with Crippen LogP contribution in [0, 0.1) is 0 Å². The molecule has 446 valence electrons. The van der Waals surface area contributed by atoms with Crippen LogP contribution in [0.3, 0.4) is 0 Å². The molecule has 0 fully saturated rings. The molecule has 0 rings (SSSR count). The summed E-state index contributed by atoms with van der Waals surface area (Å²) in [4.78, 5) is 38.3. The van der Waals surface area contributed by atoms with E-state index in [-0.39, 0.29) is 31.1 Å². The number of hydrogen-bond donors (Lipinski definition) is 0. The van der Waals surface area contributed by atoms with Gasteiger partial charge in [0.2, 0.25) is 0 Å². The van der Waals surface area contributed by atoms with Crippen LogP contribution < -0.4 is 0 Å². The third kappa shape index (κ3) is 62.9. The second kappa shape index (κ2) is 65.6. The van der Waals surface area contributed by atoms with Gasteiger partial charge in [-0.1, -0.05) is 278 Å². The van der Waals surface area contributed by atoms with E-state index in [9.17, 15) is 14.4 Å². The van der Waals surface area contributed by atoms with E-state index in [0.29, 0.717) is 19.3 Å². The average molecular weight is 1080 g/mol. The molecule has 0 N–H and O–H groups in total. The van der Waals surface area contributed by atoms with Crippen LogP contribution in [0.4, 0.5) is 0 Å². The van der Waals surface area contributed by atoms with E-state index < -0.39 is 6.10 Å². The summed E-state index contributed by atoms with van der Waals surface area (Å²) in [6.45, 7) is 6.39. The molecule has 6 nitrogen and oxygen atoms in total. The summed E-state index contributed by atoms with van der Waals surface area (Å²) in [5, 5.41) is 0. The molecular weight excluding hydrogens is 961 g/mol. The van der Waals surface area contributed by atoms with Crippen LogP contribution in [-0.2, 0) is 28.6 Å². The molecule has 0 aromatic heterocycles. The number of carbonyl (C=O) groups is 3. The molecule has 78 heavy (non-hydrogen) atoms. The fourth-order valence-corrected chi connectivity index (χ4v) is 9.13. The van der Waals surface area contributed by atoms with Gasteiger partial charge in [0.15, 0.2) is 6.10 Å². The molecule has 0 radical (unpaired) electrons. The van der Waals surface area contributed by atoms with Crippen molar-refractivity contribution in [1.29, 1.82) is 0 Å². The second-order valence-corrected chi connectivity index (χ2v) is 21.6. The zero-order valence-electron chi connectivity index (χ0n) is 51.2. The van der Waals surface area contributed by atoms with Crippen LogP contribution in [0.15, 0.2) is 109 Å². The van der Waals surface area contributed by atoms with Gasteiger partial charge in [0, 0.05) is 19.3 Å². The molecule has 0 saturated carbocycles. The van der Waals surface area contributed by atoms with E-state index in [0.717, 1.165) is 128 Å². The molecule has 0 aromatic rings. The molecule has 0 saturated heterocycles. The van der Waals surface area contributed by atoms with E-state index in [1.165, 1.54) is 141 Å². The zero-order chi connectivity index (χ0) is 56.4. The predicted octanol–water partition coefficient (Wildman–Crippen LogP) is 22.6. The van der Waals surface area contributed by atoms with Gasteiger partial charge in [-0.05, 0) is 122 Å². The average Bonchev–Trinajstić information content (AvgIpc) is 3.44. The Hall–Kier alpha value is -3.93. The van der Waals surface area contributed by atoms with Crippen molar-refractivity contribution in [3.8, 4) is 0 Å². The van der Waals surface area contributed by atoms with Crippen molar-refractivity contribution in [2.75, 3.05) is 13.2 Å². The molecular formula is C72H122O6. The lowest BCUT2D eigenvalue weighted by Crippen LogP contribution is -2.30. The number of esters is 3. The minimum atomic E-state index is -0.790. The highest BCUT2D eigenvalue weighted by Crippen LogP contribution is 2.16. The molecule has 0 aromatic carbocycles. The van der Waals surface area contributed by atoms with Crippen molar-refractivity contribution in [3.05, 3.63) is 109 Å². The Morgan fingerprint density at radius 3 is 0.795 bits per heavy atom. The number of carbonyl (C=O) groups excluding carboxylic acids is 3. The molecule has 0 amide bonds. The largest absolute Gasteiger partial charge is 0.462 e. The van der Waals surface area contributed by atoms with E-state index in [4.69, 9.17) is 14.2 Å². The summed E-state index contributed by atoms with van der Waals surface area (Å²) in [6.07, 6.45) is 89.6. The maximum Gasteiger partial charge on any atom is 0.306 e. The van der Waals surface area contributed by atoms with Crippen LogP contribution in [0.2, 0.25) is 0 Å². The zero-order valence-corrected chi connectivity index (χ0v) is 51.2. The third-order valence-corrected chi connectivity index (χ3v) is 14.0.